The van der Waals surface area contributed by atoms with E-state index in [9.17, 15) is 17.6 Å². The third kappa shape index (κ3) is 7.31. The van der Waals surface area contributed by atoms with E-state index >= 15 is 4.39 Å². The molecule has 0 radical (unpaired) electrons. The largest absolute Gasteiger partial charge is 0.480 e. The van der Waals surface area contributed by atoms with E-state index in [0.29, 0.717) is 92.5 Å². The Morgan fingerprint density at radius 3 is 2.50 bits per heavy atom. The Labute approximate surface area is 275 Å². The quantitative estimate of drug-likeness (QED) is 0.175. The van der Waals surface area contributed by atoms with Gasteiger partial charge in [0.05, 0.1) is 43.4 Å². The molecule has 13 nitrogen and oxygen atoms in total. The number of fused-ring (bicyclic) bond motifs is 1. The summed E-state index contributed by atoms with van der Waals surface area (Å²) in [4.78, 5) is 29.9. The molecule has 2 aromatic heterocycles. The Morgan fingerprint density at radius 1 is 1.08 bits per heavy atom. The molecule has 0 atom stereocenters. The number of piperidine rings is 1. The van der Waals surface area contributed by atoms with Crippen molar-refractivity contribution in [3.8, 4) is 17.1 Å². The predicted octanol–water partition coefficient (Wildman–Crippen LogP) is 3.69. The molecule has 2 fully saturated rings. The highest BCUT2D eigenvalue weighted by Gasteiger charge is 2.25. The fourth-order valence-corrected chi connectivity index (χ4v) is 6.76. The average Bonchev–Trinajstić information content (AvgIpc) is 3.07. The van der Waals surface area contributed by atoms with Crippen molar-refractivity contribution >= 4 is 38.5 Å². The second-order valence-corrected chi connectivity index (χ2v) is 13.6. The SMILES string of the molecule is COc1ncc(-c2nc(N3CCOCC3)nc3c(CN4CCC(c5ccc(C(=O)NO)c(F)c5)CC4)cc(F)cc23)cc1NS(C)(=O)=O. The molecule has 2 aromatic carbocycles. The van der Waals surface area contributed by atoms with Crippen molar-refractivity contribution < 1.29 is 36.7 Å². The molecular weight excluding hydrogens is 648 g/mol. The zero-order valence-electron chi connectivity index (χ0n) is 26.4. The summed E-state index contributed by atoms with van der Waals surface area (Å²) in [6.07, 6.45) is 3.95. The molecule has 0 aliphatic carbocycles. The number of anilines is 2. The van der Waals surface area contributed by atoms with Gasteiger partial charge in [0.15, 0.2) is 0 Å². The summed E-state index contributed by atoms with van der Waals surface area (Å²) in [6, 6.07) is 8.79. The highest BCUT2D eigenvalue weighted by atomic mass is 32.2. The summed E-state index contributed by atoms with van der Waals surface area (Å²) in [5.74, 6) is -1.53. The number of morpholine rings is 1. The lowest BCUT2D eigenvalue weighted by Gasteiger charge is -2.32. The molecule has 3 N–H and O–H groups in total. The Bertz CT molecular complexity index is 1950. The van der Waals surface area contributed by atoms with Crippen molar-refractivity contribution in [1.82, 2.24) is 25.3 Å². The van der Waals surface area contributed by atoms with E-state index in [1.165, 1.54) is 43.1 Å². The van der Waals surface area contributed by atoms with Crippen LogP contribution in [0, 0.1) is 11.6 Å². The van der Waals surface area contributed by atoms with Crippen LogP contribution in [-0.2, 0) is 21.3 Å². The molecular formula is C32H35F2N7O6S. The number of methoxy groups -OCH3 is 1. The molecule has 2 aliphatic rings. The van der Waals surface area contributed by atoms with Crippen molar-refractivity contribution in [2.24, 2.45) is 0 Å². The second kappa shape index (κ2) is 13.9. The number of carbonyl (C=O) groups excluding carboxylic acids is 1. The van der Waals surface area contributed by atoms with Gasteiger partial charge in [-0.15, -0.1) is 0 Å². The van der Waals surface area contributed by atoms with E-state index in [4.69, 9.17) is 24.6 Å². The van der Waals surface area contributed by atoms with Gasteiger partial charge in [0.2, 0.25) is 21.9 Å². The molecule has 48 heavy (non-hydrogen) atoms. The Morgan fingerprint density at radius 2 is 1.83 bits per heavy atom. The zero-order valence-corrected chi connectivity index (χ0v) is 27.2. The standard InChI is InChI=1S/C32H35F2N7O6S/c1-46-31-27(39-48(2,44)45)15-21(17-35-31)28-25-16-23(33)13-22(29(25)37-32(36-28)41-9-11-47-12-10-41)18-40-7-5-19(6-8-40)20-3-4-24(26(34)14-20)30(42)38-43/h3-4,13-17,19,39,43H,5-12,18H2,1-2H3,(H,38,42). The van der Waals surface area contributed by atoms with E-state index in [-0.39, 0.29) is 23.0 Å². The number of nitrogens with one attached hydrogen (secondary N) is 2. The molecule has 0 unspecified atom stereocenters. The first-order chi connectivity index (χ1) is 23.0. The van der Waals surface area contributed by atoms with Gasteiger partial charge >= 0.3 is 0 Å². The molecule has 0 saturated carbocycles. The van der Waals surface area contributed by atoms with Gasteiger partial charge in [0.25, 0.3) is 5.91 Å². The van der Waals surface area contributed by atoms with Crippen LogP contribution in [0.3, 0.4) is 0 Å². The molecule has 0 spiro atoms. The number of benzene rings is 2. The van der Waals surface area contributed by atoms with Crippen molar-refractivity contribution in [3.63, 3.8) is 0 Å². The number of ether oxygens (including phenoxy) is 2. The van der Waals surface area contributed by atoms with Crippen LogP contribution in [0.15, 0.2) is 42.6 Å². The Hall–Kier alpha value is -4.51. The number of rotatable bonds is 9. The van der Waals surface area contributed by atoms with E-state index in [1.54, 1.807) is 12.1 Å². The summed E-state index contributed by atoms with van der Waals surface area (Å²) in [5.41, 5.74) is 4.13. The van der Waals surface area contributed by atoms with Crippen molar-refractivity contribution in [2.45, 2.75) is 25.3 Å². The number of hydrogen-bond acceptors (Lipinski definition) is 11. The summed E-state index contributed by atoms with van der Waals surface area (Å²) in [7, 11) is -2.29. The number of hydrogen-bond donors (Lipinski definition) is 3. The number of halogens is 2. The lowest BCUT2D eigenvalue weighted by Crippen LogP contribution is -2.37. The Balaban J connectivity index is 1.33. The number of nitrogens with zero attached hydrogens (tertiary/aromatic N) is 5. The first kappa shape index (κ1) is 33.4. The van der Waals surface area contributed by atoms with Crippen molar-refractivity contribution in [1.29, 1.82) is 0 Å². The van der Waals surface area contributed by atoms with Crippen LogP contribution < -0.4 is 19.8 Å². The van der Waals surface area contributed by atoms with Crippen LogP contribution in [0.5, 0.6) is 5.88 Å². The number of likely N-dealkylation sites (tertiary alicyclic amines) is 1. The van der Waals surface area contributed by atoms with Gasteiger partial charge in [0.1, 0.15) is 17.3 Å². The minimum atomic E-state index is -3.67. The highest BCUT2D eigenvalue weighted by Crippen LogP contribution is 2.36. The number of aromatic nitrogens is 3. The number of amides is 1. The number of hydroxylamine groups is 1. The van der Waals surface area contributed by atoms with Gasteiger partial charge in [-0.25, -0.2) is 37.6 Å². The number of carbonyl (C=O) groups is 1. The third-order valence-corrected chi connectivity index (χ3v) is 9.12. The van der Waals surface area contributed by atoms with Gasteiger partial charge in [-0.3, -0.25) is 19.6 Å². The molecule has 4 heterocycles. The van der Waals surface area contributed by atoms with Crippen LogP contribution in [0.25, 0.3) is 22.2 Å². The molecule has 1 amide bonds. The maximum absolute atomic E-state index is 15.4. The molecule has 0 bridgehead atoms. The van der Waals surface area contributed by atoms with Gasteiger partial charge in [-0.1, -0.05) is 6.07 Å². The molecule has 4 aromatic rings. The summed E-state index contributed by atoms with van der Waals surface area (Å²) in [6.45, 7) is 3.81. The molecule has 2 saturated heterocycles. The first-order valence-corrected chi connectivity index (χ1v) is 17.2. The normalized spacial score (nSPS) is 16.2. The van der Waals surface area contributed by atoms with Crippen LogP contribution in [0.2, 0.25) is 0 Å². The predicted molar refractivity (Wildman–Crippen MR) is 174 cm³/mol. The maximum Gasteiger partial charge on any atom is 0.277 e. The minimum absolute atomic E-state index is 0.0606. The van der Waals surface area contributed by atoms with Crippen LogP contribution in [0.4, 0.5) is 20.4 Å². The molecule has 6 rings (SSSR count). The lowest BCUT2D eigenvalue weighted by atomic mass is 9.88. The third-order valence-electron chi connectivity index (χ3n) is 8.53. The second-order valence-electron chi connectivity index (χ2n) is 11.8. The van der Waals surface area contributed by atoms with E-state index in [0.717, 1.165) is 11.8 Å². The van der Waals surface area contributed by atoms with Crippen molar-refractivity contribution in [3.05, 3.63) is 70.9 Å². The monoisotopic (exact) mass is 683 g/mol. The van der Waals surface area contributed by atoms with Crippen molar-refractivity contribution in [2.75, 3.05) is 62.4 Å². The molecule has 2 aliphatic heterocycles. The summed E-state index contributed by atoms with van der Waals surface area (Å²) in [5, 5.41) is 9.29. The van der Waals surface area contributed by atoms with Gasteiger partial charge < -0.3 is 14.4 Å². The van der Waals surface area contributed by atoms with Crippen LogP contribution in [-0.4, -0.2) is 92.1 Å². The minimum Gasteiger partial charge on any atom is -0.480 e. The topological polar surface area (TPSA) is 159 Å². The first-order valence-electron chi connectivity index (χ1n) is 15.3. The number of sulfonamides is 1. The van der Waals surface area contributed by atoms with Gasteiger partial charge in [-0.05, 0) is 73.3 Å². The number of pyridine rings is 1. The summed E-state index contributed by atoms with van der Waals surface area (Å²) >= 11 is 0. The van der Waals surface area contributed by atoms with Gasteiger partial charge in [0, 0.05) is 36.8 Å². The zero-order chi connectivity index (χ0) is 34.0. The lowest BCUT2D eigenvalue weighted by molar-refractivity contribution is 0.0701. The smallest absolute Gasteiger partial charge is 0.277 e. The van der Waals surface area contributed by atoms with Crippen LogP contribution >= 0.6 is 0 Å². The van der Waals surface area contributed by atoms with E-state index in [2.05, 4.69) is 14.6 Å². The fourth-order valence-electron chi connectivity index (χ4n) is 6.21. The summed E-state index contributed by atoms with van der Waals surface area (Å²) < 4.78 is 67.3. The average molecular weight is 684 g/mol. The van der Waals surface area contributed by atoms with E-state index < -0.39 is 27.6 Å². The molecule has 16 heteroatoms. The highest BCUT2D eigenvalue weighted by molar-refractivity contribution is 7.92. The Kier molecular flexibility index (Phi) is 9.68. The van der Waals surface area contributed by atoms with E-state index in [1.807, 2.05) is 4.90 Å². The van der Waals surface area contributed by atoms with Crippen LogP contribution in [0.1, 0.15) is 40.2 Å². The van der Waals surface area contributed by atoms with Gasteiger partial charge in [-0.2, -0.15) is 0 Å². The molecule has 254 valence electrons. The maximum atomic E-state index is 15.4. The fraction of sp³-hybridized carbons (Fsp3) is 0.375.